The fraction of sp³-hybridized carbons (Fsp3) is 1.00. The molecule has 2 aliphatic carbocycles. The maximum atomic E-state index is 3.51. The second-order valence-electron chi connectivity index (χ2n) is 6.69. The van der Waals surface area contributed by atoms with E-state index in [4.69, 9.17) is 0 Å². The zero-order chi connectivity index (χ0) is 12.0. The van der Waals surface area contributed by atoms with Gasteiger partial charge in [0, 0.05) is 24.7 Å². The molecule has 3 atom stereocenters. The summed E-state index contributed by atoms with van der Waals surface area (Å²) in [5, 5.41) is 3.51. The van der Waals surface area contributed by atoms with E-state index < -0.39 is 0 Å². The summed E-state index contributed by atoms with van der Waals surface area (Å²) in [6.07, 6.45) is 7.38. The normalized spacial score (nSPS) is 39.9. The topological polar surface area (TPSA) is 15.3 Å². The van der Waals surface area contributed by atoms with Crippen molar-refractivity contribution in [2.24, 2.45) is 17.8 Å². The number of hydrogen-bond donors (Lipinski definition) is 1. The smallest absolute Gasteiger partial charge is 0.0155 e. The van der Waals surface area contributed by atoms with E-state index in [1.807, 2.05) is 0 Å². The van der Waals surface area contributed by atoms with Crippen LogP contribution in [0, 0.1) is 17.8 Å². The standard InChI is InChI=1S/C15H28N2/c1-10-11(2)17(9-8-14(10)16-3)15(12-4-5-12)13-6-7-13/h10-16H,4-9H2,1-3H3. The van der Waals surface area contributed by atoms with Gasteiger partial charge in [0.25, 0.3) is 0 Å². The van der Waals surface area contributed by atoms with Gasteiger partial charge in [-0.15, -0.1) is 0 Å². The molecular formula is C15H28N2. The molecule has 2 nitrogen and oxygen atoms in total. The fourth-order valence-corrected chi connectivity index (χ4v) is 4.02. The van der Waals surface area contributed by atoms with Crippen LogP contribution in [0.25, 0.3) is 0 Å². The molecule has 17 heavy (non-hydrogen) atoms. The molecule has 0 radical (unpaired) electrons. The van der Waals surface area contributed by atoms with Crippen molar-refractivity contribution in [3.63, 3.8) is 0 Å². The van der Waals surface area contributed by atoms with E-state index in [1.165, 1.54) is 38.6 Å². The summed E-state index contributed by atoms with van der Waals surface area (Å²) in [5.74, 6) is 2.92. The Hall–Kier alpha value is -0.0800. The van der Waals surface area contributed by atoms with Crippen molar-refractivity contribution in [3.8, 4) is 0 Å². The molecule has 3 fully saturated rings. The van der Waals surface area contributed by atoms with Crippen LogP contribution in [0.1, 0.15) is 46.0 Å². The van der Waals surface area contributed by atoms with Gasteiger partial charge in [0.1, 0.15) is 0 Å². The van der Waals surface area contributed by atoms with Crippen LogP contribution < -0.4 is 5.32 Å². The van der Waals surface area contributed by atoms with Crippen molar-refractivity contribution in [3.05, 3.63) is 0 Å². The van der Waals surface area contributed by atoms with Gasteiger partial charge in [-0.25, -0.2) is 0 Å². The lowest BCUT2D eigenvalue weighted by atomic mass is 9.85. The molecule has 1 aliphatic heterocycles. The minimum Gasteiger partial charge on any atom is -0.317 e. The van der Waals surface area contributed by atoms with Crippen LogP contribution in [0.2, 0.25) is 0 Å². The third kappa shape index (κ3) is 2.26. The van der Waals surface area contributed by atoms with E-state index in [9.17, 15) is 0 Å². The largest absolute Gasteiger partial charge is 0.317 e. The SMILES string of the molecule is CNC1CCN(C(C2CC2)C2CC2)C(C)C1C. The first-order chi connectivity index (χ1) is 8.22. The van der Waals surface area contributed by atoms with Gasteiger partial charge in [-0.3, -0.25) is 4.90 Å². The van der Waals surface area contributed by atoms with Gasteiger partial charge in [0.05, 0.1) is 0 Å². The maximum Gasteiger partial charge on any atom is 0.0155 e. The Balaban J connectivity index is 1.69. The number of likely N-dealkylation sites (tertiary alicyclic amines) is 1. The molecule has 0 bridgehead atoms. The zero-order valence-corrected chi connectivity index (χ0v) is 11.7. The van der Waals surface area contributed by atoms with Crippen LogP contribution in [0.4, 0.5) is 0 Å². The molecule has 0 aromatic rings. The summed E-state index contributed by atoms with van der Waals surface area (Å²) in [6.45, 7) is 6.23. The summed E-state index contributed by atoms with van der Waals surface area (Å²) in [5.41, 5.74) is 0. The number of rotatable bonds is 4. The van der Waals surface area contributed by atoms with Crippen LogP contribution >= 0.6 is 0 Å². The number of piperidine rings is 1. The number of nitrogens with one attached hydrogen (secondary N) is 1. The molecule has 0 spiro atoms. The average Bonchev–Trinajstić information content (AvgIpc) is 3.18. The minimum absolute atomic E-state index is 0.736. The summed E-state index contributed by atoms with van der Waals surface area (Å²) in [7, 11) is 2.13. The van der Waals surface area contributed by atoms with Crippen LogP contribution in [-0.4, -0.2) is 36.6 Å². The van der Waals surface area contributed by atoms with Crippen LogP contribution in [-0.2, 0) is 0 Å². The molecule has 1 saturated heterocycles. The first-order valence-electron chi connectivity index (χ1n) is 7.65. The molecule has 3 rings (SSSR count). The second kappa shape index (κ2) is 4.55. The van der Waals surface area contributed by atoms with Crippen LogP contribution in [0.15, 0.2) is 0 Å². The van der Waals surface area contributed by atoms with Gasteiger partial charge in [0.2, 0.25) is 0 Å². The van der Waals surface area contributed by atoms with Gasteiger partial charge in [-0.2, -0.15) is 0 Å². The summed E-state index contributed by atoms with van der Waals surface area (Å²) in [6, 6.07) is 2.46. The van der Waals surface area contributed by atoms with Crippen LogP contribution in [0.5, 0.6) is 0 Å². The van der Waals surface area contributed by atoms with Crippen molar-refractivity contribution in [1.82, 2.24) is 10.2 Å². The molecule has 2 saturated carbocycles. The average molecular weight is 236 g/mol. The Morgan fingerprint density at radius 1 is 1.00 bits per heavy atom. The molecule has 1 N–H and O–H groups in total. The Morgan fingerprint density at radius 2 is 1.59 bits per heavy atom. The van der Waals surface area contributed by atoms with Gasteiger partial charge < -0.3 is 5.32 Å². The van der Waals surface area contributed by atoms with Gasteiger partial charge in [-0.1, -0.05) is 6.92 Å². The molecule has 98 valence electrons. The van der Waals surface area contributed by atoms with Gasteiger partial charge in [0.15, 0.2) is 0 Å². The second-order valence-corrected chi connectivity index (χ2v) is 6.69. The van der Waals surface area contributed by atoms with Crippen molar-refractivity contribution >= 4 is 0 Å². The van der Waals surface area contributed by atoms with Crippen molar-refractivity contribution in [1.29, 1.82) is 0 Å². The third-order valence-corrected chi connectivity index (χ3v) is 5.58. The van der Waals surface area contributed by atoms with Gasteiger partial charge >= 0.3 is 0 Å². The van der Waals surface area contributed by atoms with Crippen molar-refractivity contribution in [2.75, 3.05) is 13.6 Å². The third-order valence-electron chi connectivity index (χ3n) is 5.58. The quantitative estimate of drug-likeness (QED) is 0.807. The molecular weight excluding hydrogens is 208 g/mol. The predicted octanol–water partition coefficient (Wildman–Crippen LogP) is 2.49. The lowest BCUT2D eigenvalue weighted by molar-refractivity contribution is 0.0307. The van der Waals surface area contributed by atoms with E-state index in [2.05, 4.69) is 31.1 Å². The highest BCUT2D eigenvalue weighted by Crippen LogP contribution is 2.48. The lowest BCUT2D eigenvalue weighted by Gasteiger charge is -2.47. The highest BCUT2D eigenvalue weighted by Gasteiger charge is 2.47. The molecule has 0 aromatic heterocycles. The van der Waals surface area contributed by atoms with Gasteiger partial charge in [-0.05, 0) is 63.8 Å². The predicted molar refractivity (Wildman–Crippen MR) is 72.0 cm³/mol. The van der Waals surface area contributed by atoms with E-state index in [0.717, 1.165) is 35.9 Å². The summed E-state index contributed by atoms with van der Waals surface area (Å²) >= 11 is 0. The van der Waals surface area contributed by atoms with Crippen molar-refractivity contribution < 1.29 is 0 Å². The molecule has 2 heteroatoms. The minimum atomic E-state index is 0.736. The van der Waals surface area contributed by atoms with E-state index in [-0.39, 0.29) is 0 Å². The van der Waals surface area contributed by atoms with E-state index in [0.29, 0.717) is 0 Å². The Morgan fingerprint density at radius 3 is 2.06 bits per heavy atom. The molecule has 0 aromatic carbocycles. The van der Waals surface area contributed by atoms with Crippen LogP contribution in [0.3, 0.4) is 0 Å². The van der Waals surface area contributed by atoms with Crippen molar-refractivity contribution in [2.45, 2.75) is 64.1 Å². The maximum absolute atomic E-state index is 3.51. The Kier molecular flexibility index (Phi) is 3.20. The van der Waals surface area contributed by atoms with E-state index in [1.54, 1.807) is 0 Å². The monoisotopic (exact) mass is 236 g/mol. The lowest BCUT2D eigenvalue weighted by Crippen LogP contribution is -2.56. The summed E-state index contributed by atoms with van der Waals surface area (Å²) < 4.78 is 0. The number of hydrogen-bond acceptors (Lipinski definition) is 2. The highest BCUT2D eigenvalue weighted by atomic mass is 15.2. The Labute approximate surface area is 106 Å². The highest BCUT2D eigenvalue weighted by molar-refractivity contribution is 5.01. The van der Waals surface area contributed by atoms with E-state index >= 15 is 0 Å². The fourth-order valence-electron chi connectivity index (χ4n) is 4.02. The molecule has 1 heterocycles. The summed E-state index contributed by atoms with van der Waals surface area (Å²) in [4.78, 5) is 2.88. The molecule has 3 aliphatic rings. The zero-order valence-electron chi connectivity index (χ0n) is 11.7. The number of nitrogens with zero attached hydrogens (tertiary/aromatic N) is 1. The Bertz CT molecular complexity index is 258. The molecule has 0 amide bonds. The molecule has 3 unspecified atom stereocenters. The first kappa shape index (κ1) is 12.0. The first-order valence-corrected chi connectivity index (χ1v) is 7.65.